The van der Waals surface area contributed by atoms with Gasteiger partial charge < -0.3 is 15.2 Å². The van der Waals surface area contributed by atoms with E-state index in [-0.39, 0.29) is 18.4 Å². The molecule has 1 aromatic rings. The van der Waals surface area contributed by atoms with Crippen molar-refractivity contribution in [3.05, 3.63) is 29.3 Å². The van der Waals surface area contributed by atoms with Crippen molar-refractivity contribution >= 4 is 11.9 Å². The van der Waals surface area contributed by atoms with E-state index < -0.39 is 11.4 Å². The third-order valence-electron chi connectivity index (χ3n) is 3.41. The van der Waals surface area contributed by atoms with Crippen LogP contribution in [0.25, 0.3) is 0 Å². The van der Waals surface area contributed by atoms with Crippen LogP contribution in [-0.4, -0.2) is 24.1 Å². The third-order valence-corrected chi connectivity index (χ3v) is 3.41. The van der Waals surface area contributed by atoms with Crippen LogP contribution < -0.4 is 10.1 Å². The molecule has 1 aromatic carbocycles. The highest BCUT2D eigenvalue weighted by atomic mass is 16.5. The van der Waals surface area contributed by atoms with Crippen LogP contribution in [0.4, 0.5) is 0 Å². The Morgan fingerprint density at radius 3 is 2.52 bits per heavy atom. The Balaban J connectivity index is 2.82. The molecule has 0 aliphatic heterocycles. The van der Waals surface area contributed by atoms with E-state index in [0.29, 0.717) is 5.75 Å². The lowest BCUT2D eigenvalue weighted by atomic mass is 9.89. The molecule has 0 aromatic heterocycles. The minimum atomic E-state index is -1.08. The molecule has 116 valence electrons. The average molecular weight is 293 g/mol. The highest BCUT2D eigenvalue weighted by molar-refractivity contribution is 5.84. The fraction of sp³-hybridized carbons (Fsp3) is 0.500. The second-order valence-corrected chi connectivity index (χ2v) is 5.90. The number of ether oxygens (including phenoxy) is 1. The summed E-state index contributed by atoms with van der Waals surface area (Å²) in [6, 6.07) is 5.49. The van der Waals surface area contributed by atoms with Gasteiger partial charge in [0.05, 0.1) is 18.6 Å². The summed E-state index contributed by atoms with van der Waals surface area (Å²) in [5.74, 6) is -0.581. The normalized spacial score (nSPS) is 12.6. The number of rotatable bonds is 6. The number of amides is 1. The molecular weight excluding hydrogens is 270 g/mol. The van der Waals surface area contributed by atoms with Crippen molar-refractivity contribution in [1.29, 1.82) is 0 Å². The second kappa shape index (κ2) is 6.61. The van der Waals surface area contributed by atoms with Crippen LogP contribution in [0, 0.1) is 12.3 Å². The number of carbonyl (C=O) groups excluding carboxylic acids is 1. The van der Waals surface area contributed by atoms with Crippen molar-refractivity contribution in [2.24, 2.45) is 5.41 Å². The number of aliphatic carboxylic acids is 1. The molecule has 0 saturated heterocycles. The number of nitrogens with one attached hydrogen (secondary N) is 1. The molecule has 1 unspecified atom stereocenters. The summed E-state index contributed by atoms with van der Waals surface area (Å²) in [5.41, 5.74) is 0.859. The molecule has 2 N–H and O–H groups in total. The molecule has 1 amide bonds. The van der Waals surface area contributed by atoms with Gasteiger partial charge in [0, 0.05) is 12.0 Å². The predicted molar refractivity (Wildman–Crippen MR) is 80.3 cm³/mol. The lowest BCUT2D eigenvalue weighted by Crippen LogP contribution is -2.34. The zero-order valence-corrected chi connectivity index (χ0v) is 13.2. The highest BCUT2D eigenvalue weighted by Crippen LogP contribution is 2.27. The van der Waals surface area contributed by atoms with Crippen LogP contribution in [0.3, 0.4) is 0 Å². The van der Waals surface area contributed by atoms with Crippen molar-refractivity contribution < 1.29 is 19.4 Å². The Morgan fingerprint density at radius 1 is 1.38 bits per heavy atom. The van der Waals surface area contributed by atoms with E-state index in [1.807, 2.05) is 32.0 Å². The van der Waals surface area contributed by atoms with E-state index in [9.17, 15) is 9.59 Å². The minimum absolute atomic E-state index is 0.0686. The van der Waals surface area contributed by atoms with Crippen LogP contribution in [0.5, 0.6) is 5.75 Å². The van der Waals surface area contributed by atoms with Crippen molar-refractivity contribution in [2.75, 3.05) is 7.11 Å². The highest BCUT2D eigenvalue weighted by Gasteiger charge is 2.30. The molecule has 1 atom stereocenters. The topological polar surface area (TPSA) is 75.6 Å². The fourth-order valence-electron chi connectivity index (χ4n) is 2.04. The average Bonchev–Trinajstić information content (AvgIpc) is 2.37. The Morgan fingerprint density at radius 2 is 2.00 bits per heavy atom. The standard InChI is InChI=1S/C16H23NO4/c1-10-6-7-13(21-5)12(8-10)11(2)17-14(18)9-16(3,4)15(19)20/h6-8,11H,9H2,1-5H3,(H,17,18)(H,19,20). The zero-order chi connectivity index (χ0) is 16.2. The molecule has 0 saturated carbocycles. The smallest absolute Gasteiger partial charge is 0.309 e. The molecule has 5 heteroatoms. The monoisotopic (exact) mass is 293 g/mol. The maximum Gasteiger partial charge on any atom is 0.309 e. The number of aryl methyl sites for hydroxylation is 1. The van der Waals surface area contributed by atoms with Gasteiger partial charge in [-0.25, -0.2) is 0 Å². The van der Waals surface area contributed by atoms with E-state index in [0.717, 1.165) is 11.1 Å². The molecule has 0 bridgehead atoms. The minimum Gasteiger partial charge on any atom is -0.496 e. The quantitative estimate of drug-likeness (QED) is 0.845. The van der Waals surface area contributed by atoms with Gasteiger partial charge in [0.15, 0.2) is 0 Å². The van der Waals surface area contributed by atoms with Gasteiger partial charge in [-0.1, -0.05) is 17.7 Å². The molecule has 0 heterocycles. The van der Waals surface area contributed by atoms with Crippen molar-refractivity contribution in [1.82, 2.24) is 5.32 Å². The Hall–Kier alpha value is -2.04. The number of benzene rings is 1. The van der Waals surface area contributed by atoms with Crippen LogP contribution in [-0.2, 0) is 9.59 Å². The molecular formula is C16H23NO4. The molecule has 0 fully saturated rings. The summed E-state index contributed by atoms with van der Waals surface area (Å²) in [6.45, 7) is 6.88. The van der Waals surface area contributed by atoms with Gasteiger partial charge in [0.2, 0.25) is 5.91 Å². The van der Waals surface area contributed by atoms with E-state index in [2.05, 4.69) is 5.32 Å². The maximum atomic E-state index is 12.0. The van der Waals surface area contributed by atoms with Gasteiger partial charge in [0.25, 0.3) is 0 Å². The Labute approximate surface area is 125 Å². The summed E-state index contributed by atoms with van der Waals surface area (Å²) >= 11 is 0. The van der Waals surface area contributed by atoms with Crippen LogP contribution in [0.1, 0.15) is 44.4 Å². The van der Waals surface area contributed by atoms with Crippen molar-refractivity contribution in [3.63, 3.8) is 0 Å². The first kappa shape index (κ1) is 17.0. The van der Waals surface area contributed by atoms with Gasteiger partial charge in [-0.15, -0.1) is 0 Å². The summed E-state index contributed by atoms with van der Waals surface area (Å²) < 4.78 is 5.30. The van der Waals surface area contributed by atoms with Gasteiger partial charge in [-0.05, 0) is 33.8 Å². The van der Waals surface area contributed by atoms with E-state index in [1.165, 1.54) is 13.8 Å². The molecule has 0 spiro atoms. The van der Waals surface area contributed by atoms with Crippen LogP contribution in [0.15, 0.2) is 18.2 Å². The first-order valence-corrected chi connectivity index (χ1v) is 6.84. The lowest BCUT2D eigenvalue weighted by molar-refractivity contribution is -0.149. The Bertz CT molecular complexity index is 537. The lowest BCUT2D eigenvalue weighted by Gasteiger charge is -2.22. The first-order chi connectivity index (χ1) is 9.67. The predicted octanol–water partition coefficient (Wildman–Crippen LogP) is 2.68. The van der Waals surface area contributed by atoms with Gasteiger partial charge in [0.1, 0.15) is 5.75 Å². The molecule has 5 nitrogen and oxygen atoms in total. The number of hydrogen-bond donors (Lipinski definition) is 2. The van der Waals surface area contributed by atoms with Crippen LogP contribution in [0.2, 0.25) is 0 Å². The first-order valence-electron chi connectivity index (χ1n) is 6.84. The van der Waals surface area contributed by atoms with Crippen molar-refractivity contribution in [3.8, 4) is 5.75 Å². The largest absolute Gasteiger partial charge is 0.496 e. The van der Waals surface area contributed by atoms with E-state index in [1.54, 1.807) is 7.11 Å². The summed E-state index contributed by atoms with van der Waals surface area (Å²) in [4.78, 5) is 23.1. The van der Waals surface area contributed by atoms with Crippen LogP contribution >= 0.6 is 0 Å². The van der Waals surface area contributed by atoms with Gasteiger partial charge in [-0.3, -0.25) is 9.59 Å². The number of hydrogen-bond acceptors (Lipinski definition) is 3. The molecule has 0 aliphatic carbocycles. The summed E-state index contributed by atoms with van der Waals surface area (Å²) in [6.07, 6.45) is -0.0686. The molecule has 1 rings (SSSR count). The van der Waals surface area contributed by atoms with Gasteiger partial charge in [-0.2, -0.15) is 0 Å². The Kier molecular flexibility index (Phi) is 5.35. The van der Waals surface area contributed by atoms with Gasteiger partial charge >= 0.3 is 5.97 Å². The summed E-state index contributed by atoms with van der Waals surface area (Å²) in [5, 5.41) is 11.9. The number of methoxy groups -OCH3 is 1. The van der Waals surface area contributed by atoms with E-state index in [4.69, 9.17) is 9.84 Å². The number of carbonyl (C=O) groups is 2. The summed E-state index contributed by atoms with van der Waals surface area (Å²) in [7, 11) is 1.58. The second-order valence-electron chi connectivity index (χ2n) is 5.90. The maximum absolute atomic E-state index is 12.0. The number of carboxylic acid groups (broad SMARTS) is 1. The molecule has 21 heavy (non-hydrogen) atoms. The van der Waals surface area contributed by atoms with Crippen molar-refractivity contribution in [2.45, 2.75) is 40.2 Å². The van der Waals surface area contributed by atoms with E-state index >= 15 is 0 Å². The zero-order valence-electron chi connectivity index (χ0n) is 13.2. The molecule has 0 radical (unpaired) electrons. The third kappa shape index (κ3) is 4.48. The fourth-order valence-corrected chi connectivity index (χ4v) is 2.04. The number of carboxylic acids is 1. The molecule has 0 aliphatic rings. The SMILES string of the molecule is COc1ccc(C)cc1C(C)NC(=O)CC(C)(C)C(=O)O.